The van der Waals surface area contributed by atoms with Gasteiger partial charge in [0, 0.05) is 11.0 Å². The van der Waals surface area contributed by atoms with Gasteiger partial charge in [0.25, 0.3) is 0 Å². The molecule has 2 N–H and O–H groups in total. The molecule has 116 valence electrons. The number of halogens is 1. The van der Waals surface area contributed by atoms with Crippen molar-refractivity contribution in [2.75, 3.05) is 26.7 Å². The van der Waals surface area contributed by atoms with Crippen LogP contribution in [0.5, 0.6) is 0 Å². The monoisotopic (exact) mass is 354 g/mol. The van der Waals surface area contributed by atoms with Gasteiger partial charge in [-0.2, -0.15) is 0 Å². The highest BCUT2D eigenvalue weighted by molar-refractivity contribution is 9.10. The van der Waals surface area contributed by atoms with Crippen LogP contribution in [-0.4, -0.2) is 42.7 Å². The molecular formula is C16H23BrN2O2. The zero-order valence-corrected chi connectivity index (χ0v) is 14.0. The van der Waals surface area contributed by atoms with E-state index in [1.54, 1.807) is 12.1 Å². The standard InChI is InChI=1S/C16H23BrN2O2/c1-19-8-5-12(6-9-19)4-7-18-11-14-3-2-13(16(20)21)10-15(14)17/h2-3,10,12,18H,4-9,11H2,1H3,(H,20,21). The molecule has 1 aromatic carbocycles. The first kappa shape index (κ1) is 16.5. The van der Waals surface area contributed by atoms with E-state index in [1.807, 2.05) is 6.07 Å². The number of hydrogen-bond acceptors (Lipinski definition) is 3. The lowest BCUT2D eigenvalue weighted by atomic mass is 9.94. The smallest absolute Gasteiger partial charge is 0.335 e. The van der Waals surface area contributed by atoms with Crippen molar-refractivity contribution in [2.24, 2.45) is 5.92 Å². The number of likely N-dealkylation sites (tertiary alicyclic amines) is 1. The highest BCUT2D eigenvalue weighted by Gasteiger charge is 2.15. The molecule has 1 aliphatic rings. The van der Waals surface area contributed by atoms with Gasteiger partial charge in [-0.15, -0.1) is 0 Å². The Hall–Kier alpha value is -0.910. The Labute approximate surface area is 134 Å². The summed E-state index contributed by atoms with van der Waals surface area (Å²) in [7, 11) is 2.19. The summed E-state index contributed by atoms with van der Waals surface area (Å²) in [5.41, 5.74) is 1.42. The highest BCUT2D eigenvalue weighted by Crippen LogP contribution is 2.20. The molecule has 0 aliphatic carbocycles. The Morgan fingerprint density at radius 1 is 1.43 bits per heavy atom. The van der Waals surface area contributed by atoms with E-state index in [4.69, 9.17) is 5.11 Å². The van der Waals surface area contributed by atoms with Crippen LogP contribution >= 0.6 is 15.9 Å². The Kier molecular flexibility index (Phi) is 6.21. The molecule has 1 aliphatic heterocycles. The van der Waals surface area contributed by atoms with Crippen LogP contribution in [0.3, 0.4) is 0 Å². The van der Waals surface area contributed by atoms with Crippen molar-refractivity contribution >= 4 is 21.9 Å². The van der Waals surface area contributed by atoms with Crippen molar-refractivity contribution in [1.29, 1.82) is 0 Å². The van der Waals surface area contributed by atoms with Gasteiger partial charge in [-0.1, -0.05) is 22.0 Å². The average molecular weight is 355 g/mol. The third kappa shape index (κ3) is 5.09. The molecule has 0 unspecified atom stereocenters. The lowest BCUT2D eigenvalue weighted by Crippen LogP contribution is -2.31. The van der Waals surface area contributed by atoms with Crippen molar-refractivity contribution < 1.29 is 9.90 Å². The highest BCUT2D eigenvalue weighted by atomic mass is 79.9. The van der Waals surface area contributed by atoms with Gasteiger partial charge in [-0.3, -0.25) is 0 Å². The minimum absolute atomic E-state index is 0.317. The summed E-state index contributed by atoms with van der Waals surface area (Å²) in [6.45, 7) is 4.22. The van der Waals surface area contributed by atoms with E-state index in [-0.39, 0.29) is 0 Å². The molecule has 0 amide bonds. The number of carbonyl (C=O) groups is 1. The van der Waals surface area contributed by atoms with Crippen molar-refractivity contribution in [2.45, 2.75) is 25.8 Å². The third-order valence-electron chi connectivity index (χ3n) is 4.18. The summed E-state index contributed by atoms with van der Waals surface area (Å²) < 4.78 is 0.856. The molecule has 0 atom stereocenters. The summed E-state index contributed by atoms with van der Waals surface area (Å²) in [6, 6.07) is 5.19. The number of hydrogen-bond donors (Lipinski definition) is 2. The van der Waals surface area contributed by atoms with Gasteiger partial charge >= 0.3 is 5.97 Å². The van der Waals surface area contributed by atoms with Gasteiger partial charge in [0.05, 0.1) is 5.56 Å². The van der Waals surface area contributed by atoms with Gasteiger partial charge < -0.3 is 15.3 Å². The fraction of sp³-hybridized carbons (Fsp3) is 0.562. The second kappa shape index (κ2) is 7.92. The molecule has 1 saturated heterocycles. The van der Waals surface area contributed by atoms with Crippen LogP contribution in [0, 0.1) is 5.92 Å². The van der Waals surface area contributed by atoms with Gasteiger partial charge in [0.1, 0.15) is 0 Å². The lowest BCUT2D eigenvalue weighted by molar-refractivity contribution is 0.0697. The van der Waals surface area contributed by atoms with Gasteiger partial charge in [0.15, 0.2) is 0 Å². The normalized spacial score (nSPS) is 17.0. The molecule has 0 radical (unpaired) electrons. The Balaban J connectivity index is 1.72. The molecule has 1 fully saturated rings. The van der Waals surface area contributed by atoms with Gasteiger partial charge in [0.2, 0.25) is 0 Å². The number of carboxylic acids is 1. The number of carboxylic acid groups (broad SMARTS) is 1. The summed E-state index contributed by atoms with van der Waals surface area (Å²) >= 11 is 3.44. The zero-order valence-electron chi connectivity index (χ0n) is 12.4. The van der Waals surface area contributed by atoms with E-state index in [9.17, 15) is 4.79 Å². The first-order valence-electron chi connectivity index (χ1n) is 7.47. The van der Waals surface area contributed by atoms with E-state index in [1.165, 1.54) is 32.4 Å². The molecule has 2 rings (SSSR count). The Morgan fingerprint density at radius 3 is 2.76 bits per heavy atom. The van der Waals surface area contributed by atoms with E-state index in [2.05, 4.69) is 33.2 Å². The molecule has 1 aromatic rings. The predicted octanol–water partition coefficient (Wildman–Crippen LogP) is 2.97. The number of benzene rings is 1. The minimum Gasteiger partial charge on any atom is -0.478 e. The Morgan fingerprint density at radius 2 is 2.14 bits per heavy atom. The molecule has 5 heteroatoms. The quantitative estimate of drug-likeness (QED) is 0.771. The van der Waals surface area contributed by atoms with Crippen LogP contribution in [-0.2, 0) is 6.54 Å². The summed E-state index contributed by atoms with van der Waals surface area (Å²) in [6.07, 6.45) is 3.82. The molecule has 4 nitrogen and oxygen atoms in total. The fourth-order valence-electron chi connectivity index (χ4n) is 2.70. The molecule has 0 bridgehead atoms. The molecule has 0 aromatic heterocycles. The third-order valence-corrected chi connectivity index (χ3v) is 4.92. The number of nitrogens with zero attached hydrogens (tertiary/aromatic N) is 1. The first-order valence-corrected chi connectivity index (χ1v) is 8.26. The van der Waals surface area contributed by atoms with Crippen LogP contribution in [0.4, 0.5) is 0 Å². The Bertz CT molecular complexity index is 485. The van der Waals surface area contributed by atoms with Crippen molar-refractivity contribution in [3.8, 4) is 0 Å². The van der Waals surface area contributed by atoms with Crippen molar-refractivity contribution in [1.82, 2.24) is 10.2 Å². The molecule has 1 heterocycles. The van der Waals surface area contributed by atoms with Crippen LogP contribution in [0.25, 0.3) is 0 Å². The number of nitrogens with one attached hydrogen (secondary N) is 1. The maximum Gasteiger partial charge on any atom is 0.335 e. The second-order valence-corrected chi connectivity index (χ2v) is 6.68. The fourth-order valence-corrected chi connectivity index (χ4v) is 3.22. The molecule has 0 saturated carbocycles. The average Bonchev–Trinajstić information content (AvgIpc) is 2.46. The SMILES string of the molecule is CN1CCC(CCNCc2ccc(C(=O)O)cc2Br)CC1. The van der Waals surface area contributed by atoms with Crippen LogP contribution in [0.15, 0.2) is 22.7 Å². The van der Waals surface area contributed by atoms with Gasteiger partial charge in [-0.25, -0.2) is 4.79 Å². The zero-order chi connectivity index (χ0) is 15.2. The van der Waals surface area contributed by atoms with Crippen molar-refractivity contribution in [3.63, 3.8) is 0 Å². The molecule has 0 spiro atoms. The van der Waals surface area contributed by atoms with E-state index in [0.717, 1.165) is 29.0 Å². The minimum atomic E-state index is -0.891. The number of rotatable bonds is 6. The maximum absolute atomic E-state index is 10.9. The van der Waals surface area contributed by atoms with Crippen LogP contribution in [0.1, 0.15) is 35.2 Å². The summed E-state index contributed by atoms with van der Waals surface area (Å²) in [5, 5.41) is 12.4. The van der Waals surface area contributed by atoms with Crippen LogP contribution < -0.4 is 5.32 Å². The molecule has 21 heavy (non-hydrogen) atoms. The summed E-state index contributed by atoms with van der Waals surface area (Å²) in [5.74, 6) is -0.0518. The van der Waals surface area contributed by atoms with E-state index < -0.39 is 5.97 Å². The van der Waals surface area contributed by atoms with Crippen LogP contribution in [0.2, 0.25) is 0 Å². The first-order chi connectivity index (χ1) is 10.1. The number of aromatic carboxylic acids is 1. The topological polar surface area (TPSA) is 52.6 Å². The largest absolute Gasteiger partial charge is 0.478 e. The second-order valence-electron chi connectivity index (χ2n) is 5.82. The van der Waals surface area contributed by atoms with Gasteiger partial charge in [-0.05, 0) is 69.6 Å². The number of piperidine rings is 1. The summed E-state index contributed by atoms with van der Waals surface area (Å²) in [4.78, 5) is 13.3. The molecular weight excluding hydrogens is 332 g/mol. The lowest BCUT2D eigenvalue weighted by Gasteiger charge is -2.28. The maximum atomic E-state index is 10.9. The van der Waals surface area contributed by atoms with E-state index in [0.29, 0.717) is 5.56 Å². The predicted molar refractivity (Wildman–Crippen MR) is 87.6 cm³/mol. The van der Waals surface area contributed by atoms with Crippen molar-refractivity contribution in [3.05, 3.63) is 33.8 Å². The van der Waals surface area contributed by atoms with E-state index >= 15 is 0 Å².